The van der Waals surface area contributed by atoms with Crippen LogP contribution in [-0.2, 0) is 0 Å². The molecule has 2 nitrogen and oxygen atoms in total. The molecule has 0 radical (unpaired) electrons. The number of hydrogen-bond acceptors (Lipinski definition) is 2. The molecule has 2 heteroatoms. The Morgan fingerprint density at radius 3 is 2.93 bits per heavy atom. The zero-order chi connectivity index (χ0) is 10.4. The smallest absolute Gasteiger partial charge is 0.166 e. The van der Waals surface area contributed by atoms with Crippen LogP contribution >= 0.6 is 0 Å². The molecule has 0 amide bonds. The van der Waals surface area contributed by atoms with Crippen molar-refractivity contribution < 1.29 is 4.79 Å². The summed E-state index contributed by atoms with van der Waals surface area (Å²) >= 11 is 0. The fourth-order valence-corrected chi connectivity index (χ4v) is 2.99. The summed E-state index contributed by atoms with van der Waals surface area (Å²) in [6.45, 7) is 2.09. The van der Waals surface area contributed by atoms with Gasteiger partial charge in [-0.05, 0) is 25.6 Å². The highest BCUT2D eigenvalue weighted by Crippen LogP contribution is 2.42. The highest BCUT2D eigenvalue weighted by Gasteiger charge is 2.41. The van der Waals surface area contributed by atoms with E-state index in [1.54, 1.807) is 0 Å². The van der Waals surface area contributed by atoms with Crippen molar-refractivity contribution in [2.45, 2.75) is 12.3 Å². The molecular formula is C13H15NO. The van der Waals surface area contributed by atoms with Gasteiger partial charge in [0.2, 0.25) is 0 Å². The number of benzene rings is 1. The third-order valence-electron chi connectivity index (χ3n) is 3.78. The van der Waals surface area contributed by atoms with Gasteiger partial charge >= 0.3 is 0 Å². The molecule has 0 unspecified atom stereocenters. The first-order valence-electron chi connectivity index (χ1n) is 5.59. The van der Waals surface area contributed by atoms with E-state index in [1.165, 1.54) is 5.56 Å². The Hall–Kier alpha value is -1.15. The van der Waals surface area contributed by atoms with Crippen LogP contribution in [0.3, 0.4) is 0 Å². The maximum atomic E-state index is 12.1. The molecule has 2 atom stereocenters. The predicted molar refractivity (Wildman–Crippen MR) is 59.1 cm³/mol. The van der Waals surface area contributed by atoms with Gasteiger partial charge in [-0.25, -0.2) is 0 Å². The molecule has 0 saturated carbocycles. The van der Waals surface area contributed by atoms with Crippen LogP contribution in [0.4, 0.5) is 0 Å². The predicted octanol–water partition coefficient (Wildman–Crippen LogP) is 1.92. The molecule has 1 aliphatic heterocycles. The highest BCUT2D eigenvalue weighted by atomic mass is 16.1. The largest absolute Gasteiger partial charge is 0.306 e. The molecule has 78 valence electrons. The van der Waals surface area contributed by atoms with Crippen molar-refractivity contribution in [1.82, 2.24) is 4.90 Å². The van der Waals surface area contributed by atoms with Crippen LogP contribution in [0.15, 0.2) is 24.3 Å². The maximum absolute atomic E-state index is 12.1. The van der Waals surface area contributed by atoms with E-state index >= 15 is 0 Å². The molecule has 0 spiro atoms. The molecule has 0 N–H and O–H groups in total. The summed E-state index contributed by atoms with van der Waals surface area (Å²) in [5, 5.41) is 0. The van der Waals surface area contributed by atoms with E-state index in [9.17, 15) is 4.79 Å². The van der Waals surface area contributed by atoms with Gasteiger partial charge in [-0.15, -0.1) is 0 Å². The molecule has 1 aromatic carbocycles. The van der Waals surface area contributed by atoms with Crippen molar-refractivity contribution in [3.05, 3.63) is 35.4 Å². The fraction of sp³-hybridized carbons (Fsp3) is 0.462. The molecule has 1 saturated heterocycles. The minimum Gasteiger partial charge on any atom is -0.306 e. The second-order valence-corrected chi connectivity index (χ2v) is 4.72. The fourth-order valence-electron chi connectivity index (χ4n) is 2.99. The van der Waals surface area contributed by atoms with Gasteiger partial charge < -0.3 is 4.90 Å². The molecule has 1 fully saturated rings. The monoisotopic (exact) mass is 201 g/mol. The molecule has 1 heterocycles. The first kappa shape index (κ1) is 9.10. The Bertz CT molecular complexity index is 413. The summed E-state index contributed by atoms with van der Waals surface area (Å²) in [7, 11) is 2.14. The van der Waals surface area contributed by atoms with Crippen molar-refractivity contribution in [2.24, 2.45) is 5.92 Å². The number of Topliss-reactive ketones (excluding diaryl/α,β-unsaturated/α-hetero) is 1. The van der Waals surface area contributed by atoms with E-state index in [0.29, 0.717) is 11.7 Å². The van der Waals surface area contributed by atoms with Crippen LogP contribution in [0, 0.1) is 5.92 Å². The van der Waals surface area contributed by atoms with Crippen LogP contribution < -0.4 is 0 Å². The van der Waals surface area contributed by atoms with Gasteiger partial charge in [0.15, 0.2) is 5.78 Å². The van der Waals surface area contributed by atoms with Gasteiger partial charge in [0, 0.05) is 23.9 Å². The Morgan fingerprint density at radius 2 is 2.07 bits per heavy atom. The zero-order valence-corrected chi connectivity index (χ0v) is 8.94. The normalized spacial score (nSPS) is 30.1. The lowest BCUT2D eigenvalue weighted by Crippen LogP contribution is -2.36. The van der Waals surface area contributed by atoms with E-state index in [-0.39, 0.29) is 5.92 Å². The van der Waals surface area contributed by atoms with Crippen LogP contribution in [-0.4, -0.2) is 30.8 Å². The number of carbonyl (C=O) groups is 1. The average Bonchev–Trinajstić information content (AvgIpc) is 2.54. The Morgan fingerprint density at radius 1 is 1.27 bits per heavy atom. The van der Waals surface area contributed by atoms with Crippen molar-refractivity contribution >= 4 is 5.78 Å². The number of nitrogens with zero attached hydrogens (tertiary/aromatic N) is 1. The summed E-state index contributed by atoms with van der Waals surface area (Å²) in [4.78, 5) is 14.4. The summed E-state index contributed by atoms with van der Waals surface area (Å²) in [6, 6.07) is 8.12. The van der Waals surface area contributed by atoms with Gasteiger partial charge in [0.25, 0.3) is 0 Å². The van der Waals surface area contributed by atoms with Crippen LogP contribution in [0.2, 0.25) is 0 Å². The van der Waals surface area contributed by atoms with Gasteiger partial charge in [0.1, 0.15) is 0 Å². The Balaban J connectivity index is 2.06. The number of likely N-dealkylation sites (tertiary alicyclic amines) is 1. The molecule has 15 heavy (non-hydrogen) atoms. The van der Waals surface area contributed by atoms with E-state index < -0.39 is 0 Å². The number of hydrogen-bond donors (Lipinski definition) is 0. The first-order valence-corrected chi connectivity index (χ1v) is 5.59. The van der Waals surface area contributed by atoms with Crippen molar-refractivity contribution in [3.8, 4) is 0 Å². The SMILES string of the molecule is CN1CC[C@@H]2C(=O)c3ccccc3[C@@H]2C1. The third-order valence-corrected chi connectivity index (χ3v) is 3.78. The molecule has 0 aromatic heterocycles. The molecule has 0 bridgehead atoms. The van der Waals surface area contributed by atoms with E-state index in [4.69, 9.17) is 0 Å². The Kier molecular flexibility index (Phi) is 1.93. The first-order chi connectivity index (χ1) is 7.27. The number of rotatable bonds is 0. The van der Waals surface area contributed by atoms with Gasteiger partial charge in [0.05, 0.1) is 0 Å². The molecule has 1 aromatic rings. The average molecular weight is 201 g/mol. The van der Waals surface area contributed by atoms with E-state index in [0.717, 1.165) is 25.1 Å². The van der Waals surface area contributed by atoms with Gasteiger partial charge in [-0.2, -0.15) is 0 Å². The lowest BCUT2D eigenvalue weighted by Gasteiger charge is -2.31. The standard InChI is InChI=1S/C13H15NO/c1-14-7-6-11-12(8-14)9-4-2-3-5-10(9)13(11)15/h2-5,11-12H,6-8H2,1H3/t11-,12-/m0/s1. The minimum absolute atomic E-state index is 0.263. The van der Waals surface area contributed by atoms with Gasteiger partial charge in [-0.3, -0.25) is 4.79 Å². The van der Waals surface area contributed by atoms with Crippen molar-refractivity contribution in [1.29, 1.82) is 0 Å². The number of carbonyl (C=O) groups excluding carboxylic acids is 1. The second-order valence-electron chi connectivity index (χ2n) is 4.72. The second kappa shape index (κ2) is 3.17. The number of fused-ring (bicyclic) bond motifs is 3. The lowest BCUT2D eigenvalue weighted by molar-refractivity contribution is 0.0861. The third kappa shape index (κ3) is 1.25. The van der Waals surface area contributed by atoms with E-state index in [1.807, 2.05) is 18.2 Å². The maximum Gasteiger partial charge on any atom is 0.166 e. The quantitative estimate of drug-likeness (QED) is 0.639. The molecule has 1 aliphatic carbocycles. The number of piperidine rings is 1. The Labute approximate surface area is 89.9 Å². The van der Waals surface area contributed by atoms with Gasteiger partial charge in [-0.1, -0.05) is 24.3 Å². The number of ketones is 1. The summed E-state index contributed by atoms with van der Waals surface area (Å²) in [5.41, 5.74) is 2.25. The van der Waals surface area contributed by atoms with Crippen molar-refractivity contribution in [2.75, 3.05) is 20.1 Å². The summed E-state index contributed by atoms with van der Waals surface area (Å²) in [6.07, 6.45) is 1.02. The van der Waals surface area contributed by atoms with Crippen LogP contribution in [0.25, 0.3) is 0 Å². The highest BCUT2D eigenvalue weighted by molar-refractivity contribution is 6.03. The van der Waals surface area contributed by atoms with Crippen LogP contribution in [0.1, 0.15) is 28.3 Å². The molecule has 3 rings (SSSR count). The van der Waals surface area contributed by atoms with E-state index in [2.05, 4.69) is 18.0 Å². The molecule has 2 aliphatic rings. The lowest BCUT2D eigenvalue weighted by atomic mass is 9.86. The summed E-state index contributed by atoms with van der Waals surface area (Å²) < 4.78 is 0. The molecular weight excluding hydrogens is 186 g/mol. The van der Waals surface area contributed by atoms with Crippen LogP contribution in [0.5, 0.6) is 0 Å². The van der Waals surface area contributed by atoms with Crippen molar-refractivity contribution in [3.63, 3.8) is 0 Å². The topological polar surface area (TPSA) is 20.3 Å². The minimum atomic E-state index is 0.263. The number of likely N-dealkylation sites (N-methyl/N-ethyl adjacent to an activating group) is 1. The summed E-state index contributed by atoms with van der Waals surface area (Å²) in [5.74, 6) is 1.09. The zero-order valence-electron chi connectivity index (χ0n) is 8.94.